The van der Waals surface area contributed by atoms with Gasteiger partial charge in [0.2, 0.25) is 0 Å². The lowest BCUT2D eigenvalue weighted by molar-refractivity contribution is 0.0897. The van der Waals surface area contributed by atoms with Crippen molar-refractivity contribution in [3.8, 4) is 22.4 Å². The molecule has 4 N–H and O–H groups in total. The Morgan fingerprint density at radius 2 is 1.96 bits per heavy atom. The quantitative estimate of drug-likeness (QED) is 0.661. The first-order valence-electron chi connectivity index (χ1n) is 8.40. The molecule has 132 valence electrons. The molecule has 0 radical (unpaired) electrons. The predicted octanol–water partition coefficient (Wildman–Crippen LogP) is 3.53. The molecule has 0 bridgehead atoms. The lowest BCUT2D eigenvalue weighted by Crippen LogP contribution is -2.49. The molecule has 1 aliphatic rings. The van der Waals surface area contributed by atoms with Gasteiger partial charge in [0.25, 0.3) is 5.91 Å². The predicted molar refractivity (Wildman–Crippen MR) is 99.1 cm³/mol. The molecule has 1 aliphatic heterocycles. The van der Waals surface area contributed by atoms with Crippen molar-refractivity contribution in [2.45, 2.75) is 25.8 Å². The molecule has 3 heterocycles. The van der Waals surface area contributed by atoms with Crippen LogP contribution in [0.5, 0.6) is 0 Å². The third-order valence-electron chi connectivity index (χ3n) is 4.59. The fourth-order valence-electron chi connectivity index (χ4n) is 3.54. The molecular weight excluding hydrogens is 331 g/mol. The van der Waals surface area contributed by atoms with Crippen LogP contribution < -0.4 is 11.1 Å². The van der Waals surface area contributed by atoms with E-state index in [0.717, 1.165) is 11.3 Å². The van der Waals surface area contributed by atoms with Crippen LogP contribution in [0.15, 0.2) is 42.6 Å². The van der Waals surface area contributed by atoms with Crippen molar-refractivity contribution in [3.63, 3.8) is 0 Å². The van der Waals surface area contributed by atoms with Crippen LogP contribution in [0.3, 0.4) is 0 Å². The van der Waals surface area contributed by atoms with Crippen LogP contribution in [-0.4, -0.2) is 21.4 Å². The first-order valence-corrected chi connectivity index (χ1v) is 8.40. The first-order chi connectivity index (χ1) is 12.4. The molecule has 26 heavy (non-hydrogen) atoms. The molecule has 0 aliphatic carbocycles. The van der Waals surface area contributed by atoms with Gasteiger partial charge in [-0.05, 0) is 32.0 Å². The number of carbonyl (C=O) groups is 1. The second-order valence-corrected chi connectivity index (χ2v) is 7.19. The highest BCUT2D eigenvalue weighted by Crippen LogP contribution is 2.40. The molecule has 0 spiro atoms. The Balaban J connectivity index is 2.04. The van der Waals surface area contributed by atoms with E-state index in [1.807, 2.05) is 13.8 Å². The minimum absolute atomic E-state index is 0.209. The van der Waals surface area contributed by atoms with E-state index in [9.17, 15) is 9.18 Å². The summed E-state index contributed by atoms with van der Waals surface area (Å²) < 4.78 is 14.6. The average molecular weight is 350 g/mol. The fourth-order valence-corrected chi connectivity index (χ4v) is 3.54. The number of H-pyrrole nitrogens is 1. The van der Waals surface area contributed by atoms with Crippen LogP contribution in [-0.2, 0) is 6.42 Å². The third kappa shape index (κ3) is 2.63. The van der Waals surface area contributed by atoms with Gasteiger partial charge in [-0.2, -0.15) is 0 Å². The smallest absolute Gasteiger partial charge is 0.254 e. The molecule has 0 saturated heterocycles. The van der Waals surface area contributed by atoms with Crippen molar-refractivity contribution >= 4 is 11.7 Å². The maximum absolute atomic E-state index is 14.6. The summed E-state index contributed by atoms with van der Waals surface area (Å²) in [5, 5.41) is 3.00. The molecule has 0 atom stereocenters. The largest absolute Gasteiger partial charge is 0.384 e. The van der Waals surface area contributed by atoms with E-state index in [1.54, 1.807) is 36.5 Å². The number of hydrogen-bond donors (Lipinski definition) is 3. The number of halogens is 1. The second-order valence-electron chi connectivity index (χ2n) is 7.19. The van der Waals surface area contributed by atoms with Crippen molar-refractivity contribution in [1.82, 2.24) is 15.3 Å². The van der Waals surface area contributed by atoms with Gasteiger partial charge in [-0.1, -0.05) is 18.2 Å². The van der Waals surface area contributed by atoms with Crippen molar-refractivity contribution in [3.05, 3.63) is 59.7 Å². The molecule has 1 aromatic carbocycles. The first kappa shape index (κ1) is 16.3. The summed E-state index contributed by atoms with van der Waals surface area (Å²) in [6.07, 6.45) is 2.22. The van der Waals surface area contributed by atoms with Gasteiger partial charge in [0.15, 0.2) is 0 Å². The number of anilines is 1. The van der Waals surface area contributed by atoms with Crippen LogP contribution >= 0.6 is 0 Å². The molecule has 5 nitrogen and oxygen atoms in total. The summed E-state index contributed by atoms with van der Waals surface area (Å²) in [7, 11) is 0. The lowest BCUT2D eigenvalue weighted by Gasteiger charge is -2.30. The van der Waals surface area contributed by atoms with Crippen LogP contribution in [0.1, 0.15) is 29.9 Å². The summed E-state index contributed by atoms with van der Waals surface area (Å²) in [4.78, 5) is 20.2. The van der Waals surface area contributed by atoms with Crippen molar-refractivity contribution in [2.75, 3.05) is 5.73 Å². The monoisotopic (exact) mass is 350 g/mol. The highest BCUT2D eigenvalue weighted by Gasteiger charge is 2.35. The number of carbonyl (C=O) groups excluding carboxylic acids is 1. The number of aromatic nitrogens is 2. The fraction of sp³-hybridized carbons (Fsp3) is 0.200. The highest BCUT2D eigenvalue weighted by molar-refractivity contribution is 6.07. The number of benzene rings is 1. The van der Waals surface area contributed by atoms with Gasteiger partial charge >= 0.3 is 0 Å². The standard InChI is InChI=1S/C20H19FN4O/c1-20(2)10-14-17(19(26)25-20)16(12-5-3-4-6-13(12)21)18(24-14)11-7-8-23-15(22)9-11/h3-9,24H,10H2,1-2H3,(H2,22,23)(H,25,26). The number of aromatic amines is 1. The van der Waals surface area contributed by atoms with Crippen molar-refractivity contribution < 1.29 is 9.18 Å². The molecule has 0 unspecified atom stereocenters. The number of nitrogens with two attached hydrogens (primary N) is 1. The van der Waals surface area contributed by atoms with Crippen LogP contribution in [0.4, 0.5) is 10.2 Å². The van der Waals surface area contributed by atoms with E-state index in [0.29, 0.717) is 34.6 Å². The van der Waals surface area contributed by atoms with E-state index in [-0.39, 0.29) is 17.3 Å². The van der Waals surface area contributed by atoms with E-state index in [1.165, 1.54) is 6.07 Å². The molecule has 3 aromatic rings. The van der Waals surface area contributed by atoms with Crippen LogP contribution in [0.25, 0.3) is 22.4 Å². The summed E-state index contributed by atoms with van der Waals surface area (Å²) in [5.41, 5.74) is 9.09. The summed E-state index contributed by atoms with van der Waals surface area (Å²) >= 11 is 0. The maximum Gasteiger partial charge on any atom is 0.254 e. The van der Waals surface area contributed by atoms with Gasteiger partial charge in [0.05, 0.1) is 11.3 Å². The zero-order chi connectivity index (χ0) is 18.5. The summed E-state index contributed by atoms with van der Waals surface area (Å²) in [5.74, 6) is -0.228. The highest BCUT2D eigenvalue weighted by atomic mass is 19.1. The Labute approximate surface area is 150 Å². The summed E-state index contributed by atoms with van der Waals surface area (Å²) in [6.45, 7) is 3.92. The number of nitrogen functional groups attached to an aromatic ring is 1. The van der Waals surface area contributed by atoms with E-state index < -0.39 is 0 Å². The number of nitrogens with one attached hydrogen (secondary N) is 2. The second kappa shape index (κ2) is 5.69. The van der Waals surface area contributed by atoms with Crippen LogP contribution in [0.2, 0.25) is 0 Å². The zero-order valence-electron chi connectivity index (χ0n) is 14.6. The SMILES string of the molecule is CC1(C)Cc2[nH]c(-c3ccnc(N)c3)c(-c3ccccc3F)c2C(=O)N1. The van der Waals surface area contributed by atoms with E-state index in [4.69, 9.17) is 5.73 Å². The topological polar surface area (TPSA) is 83.8 Å². The molecule has 4 rings (SSSR count). The van der Waals surface area contributed by atoms with Crippen molar-refractivity contribution in [1.29, 1.82) is 0 Å². The number of nitrogens with zero attached hydrogens (tertiary/aromatic N) is 1. The Morgan fingerprint density at radius 3 is 2.69 bits per heavy atom. The zero-order valence-corrected chi connectivity index (χ0v) is 14.6. The molecule has 0 saturated carbocycles. The van der Waals surface area contributed by atoms with Gasteiger partial charge in [0.1, 0.15) is 11.6 Å². The Bertz CT molecular complexity index is 1020. The van der Waals surface area contributed by atoms with Gasteiger partial charge in [0, 0.05) is 40.5 Å². The molecule has 1 amide bonds. The number of amides is 1. The number of pyridine rings is 1. The third-order valence-corrected chi connectivity index (χ3v) is 4.59. The molecule has 0 fully saturated rings. The lowest BCUT2D eigenvalue weighted by atomic mass is 9.88. The van der Waals surface area contributed by atoms with E-state index >= 15 is 0 Å². The van der Waals surface area contributed by atoms with Crippen molar-refractivity contribution in [2.24, 2.45) is 0 Å². The Kier molecular flexibility index (Phi) is 3.57. The number of rotatable bonds is 2. The van der Waals surface area contributed by atoms with E-state index in [2.05, 4.69) is 15.3 Å². The van der Waals surface area contributed by atoms with Gasteiger partial charge < -0.3 is 16.0 Å². The normalized spacial score (nSPS) is 15.4. The van der Waals surface area contributed by atoms with Gasteiger partial charge in [-0.3, -0.25) is 4.79 Å². The molecule has 6 heteroatoms. The average Bonchev–Trinajstić information content (AvgIpc) is 2.93. The Hall–Kier alpha value is -3.15. The van der Waals surface area contributed by atoms with Gasteiger partial charge in [-0.25, -0.2) is 9.37 Å². The minimum Gasteiger partial charge on any atom is -0.384 e. The van der Waals surface area contributed by atoms with Gasteiger partial charge in [-0.15, -0.1) is 0 Å². The molecular formula is C20H19FN4O. The Morgan fingerprint density at radius 1 is 1.19 bits per heavy atom. The van der Waals surface area contributed by atoms with Crippen LogP contribution in [0, 0.1) is 5.82 Å². The summed E-state index contributed by atoms with van der Waals surface area (Å²) in [6, 6.07) is 9.97. The number of fused-ring (bicyclic) bond motifs is 1. The number of hydrogen-bond acceptors (Lipinski definition) is 3. The maximum atomic E-state index is 14.6. The molecule has 2 aromatic heterocycles. The minimum atomic E-state index is -0.379.